The molecule has 1 N–H and O–H groups in total. The lowest BCUT2D eigenvalue weighted by molar-refractivity contribution is -0.852. The van der Waals surface area contributed by atoms with Crippen LogP contribution in [-0.2, 0) is 20.9 Å². The average Bonchev–Trinajstić information content (AvgIpc) is 2.80. The third-order valence-electron chi connectivity index (χ3n) is 5.34. The standard InChI is InChI=1S/C26H31N3O5/c1-6-29(5,25(32)34-26(2,3)4)22(16-17-27)23(30)28-21-14-12-20(13-15-21)24(31)33-18-19-10-8-7-9-11-19/h7-15,22H,6,16,18H2,1-5H3/p+1. The van der Waals surface area contributed by atoms with Crippen molar-refractivity contribution in [2.24, 2.45) is 0 Å². The number of nitriles is 1. The van der Waals surface area contributed by atoms with Crippen LogP contribution in [0.1, 0.15) is 50.0 Å². The molecule has 180 valence electrons. The summed E-state index contributed by atoms with van der Waals surface area (Å²) in [5.41, 5.74) is 0.917. The van der Waals surface area contributed by atoms with Gasteiger partial charge in [0.05, 0.1) is 31.6 Å². The molecule has 2 amide bonds. The lowest BCUT2D eigenvalue weighted by Gasteiger charge is -2.36. The Balaban J connectivity index is 2.10. The van der Waals surface area contributed by atoms with Crippen molar-refractivity contribution in [3.63, 3.8) is 0 Å². The van der Waals surface area contributed by atoms with Crippen molar-refractivity contribution in [2.75, 3.05) is 18.9 Å². The number of carbonyl (C=O) groups is 3. The Kier molecular flexibility index (Phi) is 8.93. The molecule has 0 spiro atoms. The van der Waals surface area contributed by atoms with Gasteiger partial charge in [0.2, 0.25) is 0 Å². The molecule has 8 heteroatoms. The third-order valence-corrected chi connectivity index (χ3v) is 5.34. The number of anilines is 1. The molecule has 0 saturated carbocycles. The van der Waals surface area contributed by atoms with Crippen molar-refractivity contribution in [3.8, 4) is 6.07 Å². The summed E-state index contributed by atoms with van der Waals surface area (Å²) < 4.78 is 10.5. The van der Waals surface area contributed by atoms with Crippen molar-refractivity contribution in [3.05, 3.63) is 65.7 Å². The van der Waals surface area contributed by atoms with Gasteiger partial charge in [-0.2, -0.15) is 10.1 Å². The number of hydrogen-bond acceptors (Lipinski definition) is 6. The van der Waals surface area contributed by atoms with Gasteiger partial charge in [-0.05, 0) is 57.5 Å². The second kappa shape index (κ2) is 11.4. The summed E-state index contributed by atoms with van der Waals surface area (Å²) in [4.78, 5) is 38.3. The first-order chi connectivity index (χ1) is 16.0. The van der Waals surface area contributed by atoms with Crippen LogP contribution in [0.15, 0.2) is 54.6 Å². The zero-order valence-corrected chi connectivity index (χ0v) is 20.3. The van der Waals surface area contributed by atoms with Gasteiger partial charge in [0.15, 0.2) is 6.04 Å². The lowest BCUT2D eigenvalue weighted by Crippen LogP contribution is -2.61. The molecule has 0 heterocycles. The Labute approximate surface area is 200 Å². The van der Waals surface area contributed by atoms with Crippen LogP contribution >= 0.6 is 0 Å². The quantitative estimate of drug-likeness (QED) is 0.448. The number of nitrogens with zero attached hydrogens (tertiary/aromatic N) is 2. The largest absolute Gasteiger partial charge is 0.516 e. The molecule has 0 aromatic heterocycles. The maximum absolute atomic E-state index is 13.1. The number of likely N-dealkylation sites (N-methyl/N-ethyl adjacent to an activating group) is 1. The molecular formula is C26H32N3O5+. The first-order valence-electron chi connectivity index (χ1n) is 11.1. The monoisotopic (exact) mass is 466 g/mol. The number of hydrogen-bond donors (Lipinski definition) is 1. The van der Waals surface area contributed by atoms with Gasteiger partial charge in [0.1, 0.15) is 12.2 Å². The summed E-state index contributed by atoms with van der Waals surface area (Å²) in [6, 6.07) is 16.6. The molecule has 8 nitrogen and oxygen atoms in total. The van der Waals surface area contributed by atoms with Gasteiger partial charge >= 0.3 is 12.1 Å². The molecule has 2 atom stereocenters. The van der Waals surface area contributed by atoms with Crippen LogP contribution < -0.4 is 5.32 Å². The number of benzene rings is 2. The molecule has 0 aliphatic rings. The highest BCUT2D eigenvalue weighted by atomic mass is 16.6. The van der Waals surface area contributed by atoms with Crippen LogP contribution in [0.25, 0.3) is 0 Å². The Bertz CT molecular complexity index is 1040. The number of amides is 2. The maximum atomic E-state index is 13.1. The van der Waals surface area contributed by atoms with E-state index in [1.807, 2.05) is 36.4 Å². The number of quaternary nitrogens is 1. The fourth-order valence-electron chi connectivity index (χ4n) is 3.20. The van der Waals surface area contributed by atoms with E-state index in [4.69, 9.17) is 9.47 Å². The van der Waals surface area contributed by atoms with Crippen molar-refractivity contribution in [1.29, 1.82) is 5.26 Å². The molecule has 2 aromatic carbocycles. The molecule has 2 aromatic rings. The van der Waals surface area contributed by atoms with Crippen LogP contribution in [0.4, 0.5) is 10.5 Å². The highest BCUT2D eigenvalue weighted by Gasteiger charge is 2.46. The van der Waals surface area contributed by atoms with Crippen molar-refractivity contribution in [1.82, 2.24) is 0 Å². The minimum absolute atomic E-state index is 0.159. The molecule has 2 unspecified atom stereocenters. The van der Waals surface area contributed by atoms with Gasteiger partial charge in [0.25, 0.3) is 5.91 Å². The van der Waals surface area contributed by atoms with Crippen LogP contribution in [0.3, 0.4) is 0 Å². The van der Waals surface area contributed by atoms with Crippen LogP contribution in [0.2, 0.25) is 0 Å². The topological polar surface area (TPSA) is 105 Å². The molecule has 0 aliphatic heterocycles. The highest BCUT2D eigenvalue weighted by molar-refractivity contribution is 5.96. The second-order valence-corrected chi connectivity index (χ2v) is 9.07. The molecule has 34 heavy (non-hydrogen) atoms. The van der Waals surface area contributed by atoms with Gasteiger partial charge < -0.3 is 14.8 Å². The maximum Gasteiger partial charge on any atom is 0.516 e. The van der Waals surface area contributed by atoms with Crippen molar-refractivity contribution < 1.29 is 28.3 Å². The lowest BCUT2D eigenvalue weighted by atomic mass is 10.1. The Hall–Kier alpha value is -3.70. The SMILES string of the molecule is CC[N+](C)(C(=O)OC(C)(C)C)C(CC#N)C(=O)Nc1ccc(C(=O)OCc2ccccc2)cc1. The van der Waals surface area contributed by atoms with Crippen molar-refractivity contribution >= 4 is 23.7 Å². The fourth-order valence-corrected chi connectivity index (χ4v) is 3.20. The Morgan fingerprint density at radius 2 is 1.68 bits per heavy atom. The van der Waals surface area contributed by atoms with Gasteiger partial charge in [-0.1, -0.05) is 30.3 Å². The minimum atomic E-state index is -0.972. The molecule has 0 bridgehead atoms. The van der Waals surface area contributed by atoms with Gasteiger partial charge in [-0.25, -0.2) is 9.28 Å². The zero-order chi connectivity index (χ0) is 25.4. The van der Waals surface area contributed by atoms with E-state index in [9.17, 15) is 19.6 Å². The number of esters is 1. The van der Waals surface area contributed by atoms with Crippen molar-refractivity contribution in [2.45, 2.75) is 52.4 Å². The number of ether oxygens (including phenoxy) is 2. The number of nitrogens with one attached hydrogen (secondary N) is 1. The molecule has 0 saturated heterocycles. The summed E-state index contributed by atoms with van der Waals surface area (Å²) in [5, 5.41) is 12.1. The third kappa shape index (κ3) is 7.15. The fraction of sp³-hybridized carbons (Fsp3) is 0.385. The number of carbonyl (C=O) groups excluding carboxylic acids is 3. The molecule has 2 rings (SSSR count). The van der Waals surface area contributed by atoms with E-state index < -0.39 is 29.6 Å². The van der Waals surface area contributed by atoms with E-state index in [0.29, 0.717) is 11.3 Å². The molecule has 0 radical (unpaired) electrons. The van der Waals surface area contributed by atoms with E-state index in [2.05, 4.69) is 5.32 Å². The molecular weight excluding hydrogens is 434 g/mol. The smallest absolute Gasteiger partial charge is 0.457 e. The second-order valence-electron chi connectivity index (χ2n) is 9.07. The van der Waals surface area contributed by atoms with E-state index in [0.717, 1.165) is 5.56 Å². The minimum Gasteiger partial charge on any atom is -0.457 e. The normalized spacial score (nSPS) is 13.6. The van der Waals surface area contributed by atoms with E-state index in [-0.39, 0.29) is 24.1 Å². The van der Waals surface area contributed by atoms with E-state index >= 15 is 0 Å². The summed E-state index contributed by atoms with van der Waals surface area (Å²) in [6.45, 7) is 7.43. The average molecular weight is 467 g/mol. The number of rotatable bonds is 8. The predicted octanol–water partition coefficient (Wildman–Crippen LogP) is 4.67. The van der Waals surface area contributed by atoms with E-state index in [1.165, 1.54) is 0 Å². The van der Waals surface area contributed by atoms with Gasteiger partial charge in [-0.3, -0.25) is 4.79 Å². The molecule has 0 fully saturated rings. The first kappa shape index (κ1) is 26.6. The Morgan fingerprint density at radius 3 is 2.21 bits per heavy atom. The van der Waals surface area contributed by atoms with Crippen LogP contribution in [0, 0.1) is 11.3 Å². The van der Waals surface area contributed by atoms with Crippen LogP contribution in [0.5, 0.6) is 0 Å². The van der Waals surface area contributed by atoms with Crippen LogP contribution in [-0.4, -0.2) is 47.7 Å². The highest BCUT2D eigenvalue weighted by Crippen LogP contribution is 2.22. The Morgan fingerprint density at radius 1 is 1.06 bits per heavy atom. The summed E-state index contributed by atoms with van der Waals surface area (Å²) in [7, 11) is 1.58. The van der Waals surface area contributed by atoms with Gasteiger partial charge in [0, 0.05) is 5.69 Å². The van der Waals surface area contributed by atoms with Gasteiger partial charge in [-0.15, -0.1) is 0 Å². The molecule has 0 aliphatic carbocycles. The van der Waals surface area contributed by atoms with E-state index in [1.54, 1.807) is 59.0 Å². The zero-order valence-electron chi connectivity index (χ0n) is 20.3. The summed E-state index contributed by atoms with van der Waals surface area (Å²) in [5.74, 6) is -0.972. The summed E-state index contributed by atoms with van der Waals surface area (Å²) in [6.07, 6.45) is -0.749. The summed E-state index contributed by atoms with van der Waals surface area (Å²) >= 11 is 0. The first-order valence-corrected chi connectivity index (χ1v) is 11.1. The predicted molar refractivity (Wildman–Crippen MR) is 128 cm³/mol.